The second-order valence-corrected chi connectivity index (χ2v) is 7.35. The van der Waals surface area contributed by atoms with Gasteiger partial charge in [0.25, 0.3) is 0 Å². The molecule has 0 spiro atoms. The second-order valence-electron chi connectivity index (χ2n) is 7.35. The third kappa shape index (κ3) is 2.85. The van der Waals surface area contributed by atoms with E-state index in [0.29, 0.717) is 17.5 Å². The van der Waals surface area contributed by atoms with Crippen LogP contribution in [0.25, 0.3) is 0 Å². The molecule has 100 valence electrons. The zero-order valence-electron chi connectivity index (χ0n) is 12.3. The fourth-order valence-corrected chi connectivity index (χ4v) is 3.55. The summed E-state index contributed by atoms with van der Waals surface area (Å²) in [6.07, 6.45) is 4.28. The molecule has 2 fully saturated rings. The van der Waals surface area contributed by atoms with Crippen LogP contribution < -0.4 is 5.32 Å². The van der Waals surface area contributed by atoms with Crippen molar-refractivity contribution >= 4 is 0 Å². The van der Waals surface area contributed by atoms with Crippen LogP contribution in [0.1, 0.15) is 53.9 Å². The maximum Gasteiger partial charge on any atom is 0.0244 e. The van der Waals surface area contributed by atoms with E-state index in [-0.39, 0.29) is 0 Å². The van der Waals surface area contributed by atoms with Crippen LogP contribution in [0.2, 0.25) is 0 Å². The van der Waals surface area contributed by atoms with Crippen LogP contribution in [0.15, 0.2) is 0 Å². The minimum Gasteiger partial charge on any atom is -0.311 e. The van der Waals surface area contributed by atoms with E-state index < -0.39 is 0 Å². The molecule has 2 nitrogen and oxygen atoms in total. The summed E-state index contributed by atoms with van der Waals surface area (Å²) in [6, 6.07) is 2.20. The number of hydrogen-bond donors (Lipinski definition) is 1. The molecule has 2 aliphatic rings. The topological polar surface area (TPSA) is 15.3 Å². The van der Waals surface area contributed by atoms with Crippen LogP contribution in [0.3, 0.4) is 0 Å². The van der Waals surface area contributed by atoms with E-state index in [1.54, 1.807) is 0 Å². The van der Waals surface area contributed by atoms with Crippen molar-refractivity contribution in [3.05, 3.63) is 0 Å². The van der Waals surface area contributed by atoms with Crippen LogP contribution in [-0.2, 0) is 0 Å². The Labute approximate surface area is 107 Å². The predicted molar refractivity (Wildman–Crippen MR) is 74.2 cm³/mol. The van der Waals surface area contributed by atoms with Gasteiger partial charge in [0.1, 0.15) is 0 Å². The van der Waals surface area contributed by atoms with Gasteiger partial charge in [-0.05, 0) is 31.1 Å². The lowest BCUT2D eigenvalue weighted by atomic mass is 9.84. The average molecular weight is 238 g/mol. The van der Waals surface area contributed by atoms with Gasteiger partial charge in [0, 0.05) is 31.2 Å². The van der Waals surface area contributed by atoms with Gasteiger partial charge in [-0.1, -0.05) is 34.1 Å². The zero-order valence-corrected chi connectivity index (χ0v) is 12.3. The SMILES string of the molecule is CC1CCCC1N1CC(C(C)(C)C)NCC1C. The summed E-state index contributed by atoms with van der Waals surface area (Å²) in [4.78, 5) is 2.80. The summed E-state index contributed by atoms with van der Waals surface area (Å²) in [7, 11) is 0. The molecule has 0 aromatic rings. The van der Waals surface area contributed by atoms with Crippen molar-refractivity contribution in [1.82, 2.24) is 10.2 Å². The van der Waals surface area contributed by atoms with Gasteiger partial charge >= 0.3 is 0 Å². The van der Waals surface area contributed by atoms with Gasteiger partial charge in [0.15, 0.2) is 0 Å². The molecule has 17 heavy (non-hydrogen) atoms. The summed E-state index contributed by atoms with van der Waals surface area (Å²) in [5, 5.41) is 3.74. The molecular weight excluding hydrogens is 208 g/mol. The third-order valence-electron chi connectivity index (χ3n) is 4.91. The fourth-order valence-electron chi connectivity index (χ4n) is 3.55. The van der Waals surface area contributed by atoms with Crippen molar-refractivity contribution in [2.24, 2.45) is 11.3 Å². The number of nitrogens with zero attached hydrogens (tertiary/aromatic N) is 1. The minimum atomic E-state index is 0.375. The molecule has 1 aliphatic heterocycles. The molecule has 0 aromatic carbocycles. The average Bonchev–Trinajstić information content (AvgIpc) is 2.63. The Hall–Kier alpha value is -0.0800. The summed E-state index contributed by atoms with van der Waals surface area (Å²) < 4.78 is 0. The molecule has 1 N–H and O–H groups in total. The molecule has 1 saturated carbocycles. The molecule has 4 unspecified atom stereocenters. The molecule has 0 radical (unpaired) electrons. The standard InChI is InChI=1S/C15H30N2/c1-11-7-6-8-13(11)17-10-14(15(3,4)5)16-9-12(17)2/h11-14,16H,6-10H2,1-5H3. The lowest BCUT2D eigenvalue weighted by Gasteiger charge is -2.47. The molecule has 2 heteroatoms. The molecule has 1 saturated heterocycles. The quantitative estimate of drug-likeness (QED) is 0.755. The number of piperazine rings is 1. The Bertz CT molecular complexity index is 256. The molecule has 1 aliphatic carbocycles. The van der Waals surface area contributed by atoms with Crippen molar-refractivity contribution < 1.29 is 0 Å². The smallest absolute Gasteiger partial charge is 0.0244 e. The van der Waals surface area contributed by atoms with Gasteiger partial charge in [0.2, 0.25) is 0 Å². The Balaban J connectivity index is 2.04. The number of hydrogen-bond acceptors (Lipinski definition) is 2. The van der Waals surface area contributed by atoms with Crippen molar-refractivity contribution in [3.8, 4) is 0 Å². The zero-order chi connectivity index (χ0) is 12.6. The maximum atomic E-state index is 3.74. The fraction of sp³-hybridized carbons (Fsp3) is 1.00. The first-order valence-corrected chi connectivity index (χ1v) is 7.38. The first kappa shape index (κ1) is 13.4. The van der Waals surface area contributed by atoms with Crippen molar-refractivity contribution in [2.75, 3.05) is 13.1 Å². The van der Waals surface area contributed by atoms with Gasteiger partial charge in [-0.25, -0.2) is 0 Å². The summed E-state index contributed by atoms with van der Waals surface area (Å²) in [5.74, 6) is 0.899. The van der Waals surface area contributed by atoms with E-state index in [4.69, 9.17) is 0 Å². The monoisotopic (exact) mass is 238 g/mol. The highest BCUT2D eigenvalue weighted by molar-refractivity contribution is 4.95. The Kier molecular flexibility index (Phi) is 3.84. The van der Waals surface area contributed by atoms with E-state index in [0.717, 1.165) is 18.5 Å². The largest absolute Gasteiger partial charge is 0.311 e. The van der Waals surface area contributed by atoms with Crippen LogP contribution in [0.4, 0.5) is 0 Å². The van der Waals surface area contributed by atoms with Crippen LogP contribution in [-0.4, -0.2) is 36.1 Å². The summed E-state index contributed by atoms with van der Waals surface area (Å²) in [6.45, 7) is 14.3. The lowest BCUT2D eigenvalue weighted by molar-refractivity contribution is 0.0450. The highest BCUT2D eigenvalue weighted by atomic mass is 15.3. The molecule has 1 heterocycles. The van der Waals surface area contributed by atoms with Gasteiger partial charge < -0.3 is 5.32 Å². The van der Waals surface area contributed by atoms with E-state index >= 15 is 0 Å². The summed E-state index contributed by atoms with van der Waals surface area (Å²) >= 11 is 0. The minimum absolute atomic E-state index is 0.375. The number of nitrogens with one attached hydrogen (secondary N) is 1. The number of rotatable bonds is 1. The van der Waals surface area contributed by atoms with E-state index in [1.165, 1.54) is 25.8 Å². The highest BCUT2D eigenvalue weighted by Crippen LogP contribution is 2.33. The van der Waals surface area contributed by atoms with Gasteiger partial charge in [-0.2, -0.15) is 0 Å². The predicted octanol–water partition coefficient (Wildman–Crippen LogP) is 2.88. The van der Waals surface area contributed by atoms with E-state index in [2.05, 4.69) is 44.8 Å². The van der Waals surface area contributed by atoms with Crippen LogP contribution in [0.5, 0.6) is 0 Å². The molecule has 2 rings (SSSR count). The normalized spacial score (nSPS) is 40.8. The molecule has 0 bridgehead atoms. The molecule has 0 amide bonds. The van der Waals surface area contributed by atoms with Crippen molar-refractivity contribution in [2.45, 2.75) is 72.0 Å². The highest BCUT2D eigenvalue weighted by Gasteiger charge is 2.38. The summed E-state index contributed by atoms with van der Waals surface area (Å²) in [5.41, 5.74) is 0.375. The first-order valence-electron chi connectivity index (χ1n) is 7.38. The Morgan fingerprint density at radius 3 is 2.35 bits per heavy atom. The van der Waals surface area contributed by atoms with Gasteiger partial charge in [-0.15, -0.1) is 0 Å². The van der Waals surface area contributed by atoms with Crippen molar-refractivity contribution in [3.63, 3.8) is 0 Å². The van der Waals surface area contributed by atoms with Crippen LogP contribution >= 0.6 is 0 Å². The van der Waals surface area contributed by atoms with Gasteiger partial charge in [0.05, 0.1) is 0 Å². The van der Waals surface area contributed by atoms with Gasteiger partial charge in [-0.3, -0.25) is 4.90 Å². The van der Waals surface area contributed by atoms with Crippen LogP contribution in [0, 0.1) is 11.3 Å². The van der Waals surface area contributed by atoms with Crippen molar-refractivity contribution in [1.29, 1.82) is 0 Å². The maximum absolute atomic E-state index is 3.74. The third-order valence-corrected chi connectivity index (χ3v) is 4.91. The second kappa shape index (κ2) is 4.89. The first-order chi connectivity index (χ1) is 7.89. The van der Waals surface area contributed by atoms with E-state index in [1.807, 2.05) is 0 Å². The lowest BCUT2D eigenvalue weighted by Crippen LogP contribution is -2.62. The molecular formula is C15H30N2. The van der Waals surface area contributed by atoms with E-state index in [9.17, 15) is 0 Å². The Morgan fingerprint density at radius 1 is 1.12 bits per heavy atom. The Morgan fingerprint density at radius 2 is 1.82 bits per heavy atom. The molecule has 0 aromatic heterocycles. The molecule has 4 atom stereocenters.